The summed E-state index contributed by atoms with van der Waals surface area (Å²) in [5, 5.41) is 2.39. The second-order valence-electron chi connectivity index (χ2n) is 6.86. The molecule has 0 aromatic heterocycles. The van der Waals surface area contributed by atoms with Crippen LogP contribution in [0.2, 0.25) is 0 Å². The zero-order valence-corrected chi connectivity index (χ0v) is 15.4. The lowest BCUT2D eigenvalue weighted by atomic mass is 10.1. The fourth-order valence-corrected chi connectivity index (χ4v) is 3.21. The summed E-state index contributed by atoms with van der Waals surface area (Å²) in [4.78, 5) is 39.1. The first-order valence-electron chi connectivity index (χ1n) is 8.92. The molecule has 3 amide bonds. The van der Waals surface area contributed by atoms with Crippen LogP contribution >= 0.6 is 0 Å². The molecule has 2 fully saturated rings. The maximum absolute atomic E-state index is 13.6. The molecule has 152 valence electrons. The standard InChI is InChI=1S/C18H22F2N4O4/c1-23(10-2-3-10)15(17(21)26)18(27)22-13-5-4-11(8-12(13)16(19)20)24-6-7-28-9-14(24)25/h4-5,8,10,15-16H,2-3,6-7,9H2,1H3,(H2,21,26)(H,22,27)/t15-/m0/s1. The van der Waals surface area contributed by atoms with E-state index in [1.165, 1.54) is 17.0 Å². The topological polar surface area (TPSA) is 105 Å². The summed E-state index contributed by atoms with van der Waals surface area (Å²) in [7, 11) is 1.60. The number of rotatable bonds is 7. The van der Waals surface area contributed by atoms with Crippen molar-refractivity contribution in [2.45, 2.75) is 31.4 Å². The molecule has 10 heteroatoms. The predicted molar refractivity (Wildman–Crippen MR) is 97.0 cm³/mol. The van der Waals surface area contributed by atoms with Gasteiger partial charge in [-0.1, -0.05) is 0 Å². The zero-order valence-electron chi connectivity index (χ0n) is 15.4. The van der Waals surface area contributed by atoms with Crippen molar-refractivity contribution in [2.24, 2.45) is 5.73 Å². The average molecular weight is 396 g/mol. The molecule has 1 atom stereocenters. The van der Waals surface area contributed by atoms with Crippen molar-refractivity contribution in [1.29, 1.82) is 0 Å². The monoisotopic (exact) mass is 396 g/mol. The number of halogens is 2. The Kier molecular flexibility index (Phi) is 5.90. The first-order chi connectivity index (χ1) is 13.3. The molecule has 3 rings (SSSR count). The van der Waals surface area contributed by atoms with Gasteiger partial charge in [0.1, 0.15) is 6.61 Å². The zero-order chi connectivity index (χ0) is 20.4. The number of nitrogens with two attached hydrogens (primary N) is 1. The van der Waals surface area contributed by atoms with Crippen LogP contribution in [0.4, 0.5) is 20.2 Å². The number of likely N-dealkylation sites (N-methyl/N-ethyl adjacent to an activating group) is 1. The molecule has 8 nitrogen and oxygen atoms in total. The highest BCUT2D eigenvalue weighted by Gasteiger charge is 2.38. The minimum Gasteiger partial charge on any atom is -0.370 e. The Labute approximate surface area is 160 Å². The van der Waals surface area contributed by atoms with Crippen LogP contribution in [0.5, 0.6) is 0 Å². The minimum atomic E-state index is -2.89. The Morgan fingerprint density at radius 3 is 2.64 bits per heavy atom. The van der Waals surface area contributed by atoms with E-state index in [4.69, 9.17) is 10.5 Å². The molecule has 1 aliphatic carbocycles. The van der Waals surface area contributed by atoms with Crippen LogP contribution in [0.3, 0.4) is 0 Å². The molecular weight excluding hydrogens is 374 g/mol. The highest BCUT2D eigenvalue weighted by atomic mass is 19.3. The molecule has 1 aromatic carbocycles. The molecule has 0 bridgehead atoms. The molecule has 2 aliphatic rings. The van der Waals surface area contributed by atoms with Crippen LogP contribution < -0.4 is 16.0 Å². The summed E-state index contributed by atoms with van der Waals surface area (Å²) in [6, 6.07) is 2.75. The van der Waals surface area contributed by atoms with Crippen molar-refractivity contribution in [3.63, 3.8) is 0 Å². The van der Waals surface area contributed by atoms with Gasteiger partial charge in [0.05, 0.1) is 6.61 Å². The van der Waals surface area contributed by atoms with Gasteiger partial charge in [-0.25, -0.2) is 8.78 Å². The fourth-order valence-electron chi connectivity index (χ4n) is 3.21. The van der Waals surface area contributed by atoms with Gasteiger partial charge < -0.3 is 20.7 Å². The number of anilines is 2. The van der Waals surface area contributed by atoms with Crippen molar-refractivity contribution >= 4 is 29.1 Å². The van der Waals surface area contributed by atoms with Crippen molar-refractivity contribution in [2.75, 3.05) is 37.0 Å². The molecule has 0 radical (unpaired) electrons. The highest BCUT2D eigenvalue weighted by Crippen LogP contribution is 2.32. The van der Waals surface area contributed by atoms with Crippen LogP contribution in [-0.2, 0) is 19.1 Å². The number of nitrogens with zero attached hydrogens (tertiary/aromatic N) is 2. The summed E-state index contributed by atoms with van der Waals surface area (Å²) in [5.74, 6) is -1.94. The second-order valence-corrected chi connectivity index (χ2v) is 6.86. The van der Waals surface area contributed by atoms with Crippen LogP contribution in [0.1, 0.15) is 24.8 Å². The molecule has 1 aliphatic heterocycles. The Bertz CT molecular complexity index is 785. The predicted octanol–water partition coefficient (Wildman–Crippen LogP) is 0.874. The summed E-state index contributed by atoms with van der Waals surface area (Å²) in [5.41, 5.74) is 5.07. The number of ether oxygens (including phenoxy) is 1. The van der Waals surface area contributed by atoms with Gasteiger partial charge in [0, 0.05) is 29.5 Å². The van der Waals surface area contributed by atoms with Crippen LogP contribution in [0.25, 0.3) is 0 Å². The van der Waals surface area contributed by atoms with Gasteiger partial charge in [0.2, 0.25) is 5.91 Å². The molecule has 1 saturated heterocycles. The Morgan fingerprint density at radius 2 is 2.07 bits per heavy atom. The van der Waals surface area contributed by atoms with Gasteiger partial charge in [-0.05, 0) is 38.1 Å². The highest BCUT2D eigenvalue weighted by molar-refractivity contribution is 6.10. The maximum Gasteiger partial charge on any atom is 0.265 e. The summed E-state index contributed by atoms with van der Waals surface area (Å²) in [6.45, 7) is 0.446. The lowest BCUT2D eigenvalue weighted by Crippen LogP contribution is -2.51. The third kappa shape index (κ3) is 4.28. The first-order valence-corrected chi connectivity index (χ1v) is 8.92. The number of hydrogen-bond donors (Lipinski definition) is 2. The van der Waals surface area contributed by atoms with Crippen LogP contribution in [-0.4, -0.2) is 61.5 Å². The Balaban J connectivity index is 1.83. The number of alkyl halides is 2. The Morgan fingerprint density at radius 1 is 1.36 bits per heavy atom. The smallest absolute Gasteiger partial charge is 0.265 e. The summed E-state index contributed by atoms with van der Waals surface area (Å²) in [6.07, 6.45) is -1.20. The van der Waals surface area contributed by atoms with E-state index in [-0.39, 0.29) is 30.8 Å². The summed E-state index contributed by atoms with van der Waals surface area (Å²) < 4.78 is 32.2. The second kappa shape index (κ2) is 8.19. The molecule has 1 saturated carbocycles. The third-order valence-corrected chi connectivity index (χ3v) is 4.87. The quantitative estimate of drug-likeness (QED) is 0.666. The number of morpholine rings is 1. The number of nitrogens with one attached hydrogen (secondary N) is 1. The van der Waals surface area contributed by atoms with Crippen molar-refractivity contribution in [1.82, 2.24) is 4.90 Å². The van der Waals surface area contributed by atoms with Crippen molar-refractivity contribution < 1.29 is 27.9 Å². The van der Waals surface area contributed by atoms with E-state index in [0.717, 1.165) is 18.9 Å². The van der Waals surface area contributed by atoms with Gasteiger partial charge in [0.15, 0.2) is 6.04 Å². The van der Waals surface area contributed by atoms with Crippen molar-refractivity contribution in [3.05, 3.63) is 23.8 Å². The number of carbonyl (C=O) groups excluding carboxylic acids is 3. The number of benzene rings is 1. The SMILES string of the molecule is CN(C1CC1)[C@@H](C(N)=O)C(=O)Nc1ccc(N2CCOCC2=O)cc1C(F)F. The molecular formula is C18H22F2N4O4. The molecule has 1 heterocycles. The van der Waals surface area contributed by atoms with E-state index in [1.807, 2.05) is 0 Å². The lowest BCUT2D eigenvalue weighted by molar-refractivity contribution is -0.132. The number of amides is 3. The average Bonchev–Trinajstić information content (AvgIpc) is 3.47. The van der Waals surface area contributed by atoms with E-state index in [1.54, 1.807) is 11.9 Å². The van der Waals surface area contributed by atoms with E-state index in [2.05, 4.69) is 5.32 Å². The normalized spacial score (nSPS) is 18.5. The molecule has 1 aromatic rings. The van der Waals surface area contributed by atoms with E-state index >= 15 is 0 Å². The third-order valence-electron chi connectivity index (χ3n) is 4.87. The largest absolute Gasteiger partial charge is 0.370 e. The van der Waals surface area contributed by atoms with Crippen LogP contribution in [0.15, 0.2) is 18.2 Å². The first kappa shape index (κ1) is 20.2. The van der Waals surface area contributed by atoms with E-state index < -0.39 is 29.8 Å². The molecule has 0 spiro atoms. The van der Waals surface area contributed by atoms with Gasteiger partial charge >= 0.3 is 0 Å². The maximum atomic E-state index is 13.6. The fraction of sp³-hybridized carbons (Fsp3) is 0.500. The number of carbonyl (C=O) groups is 3. The number of hydrogen-bond acceptors (Lipinski definition) is 5. The van der Waals surface area contributed by atoms with Gasteiger partial charge in [0.25, 0.3) is 18.2 Å². The summed E-state index contributed by atoms with van der Waals surface area (Å²) >= 11 is 0. The van der Waals surface area contributed by atoms with Gasteiger partial charge in [-0.15, -0.1) is 0 Å². The van der Waals surface area contributed by atoms with Gasteiger partial charge in [-0.2, -0.15) is 0 Å². The van der Waals surface area contributed by atoms with Crippen LogP contribution in [0, 0.1) is 0 Å². The molecule has 0 unspecified atom stereocenters. The van der Waals surface area contributed by atoms with Gasteiger partial charge in [-0.3, -0.25) is 19.3 Å². The molecule has 28 heavy (non-hydrogen) atoms. The lowest BCUT2D eigenvalue weighted by Gasteiger charge is -2.28. The number of primary amides is 1. The van der Waals surface area contributed by atoms with Crippen molar-refractivity contribution in [3.8, 4) is 0 Å². The Hall–Kier alpha value is -2.59. The van der Waals surface area contributed by atoms with E-state index in [0.29, 0.717) is 12.3 Å². The minimum absolute atomic E-state index is 0.0764. The van der Waals surface area contributed by atoms with E-state index in [9.17, 15) is 23.2 Å². The molecule has 3 N–H and O–H groups in total.